The zero-order valence-electron chi connectivity index (χ0n) is 21.6. The molecule has 1 aromatic rings. The first kappa shape index (κ1) is 29.4. The summed E-state index contributed by atoms with van der Waals surface area (Å²) >= 11 is 4.98. The summed E-state index contributed by atoms with van der Waals surface area (Å²) in [7, 11) is 0. The predicted octanol–water partition coefficient (Wildman–Crippen LogP) is 2.12. The van der Waals surface area contributed by atoms with Gasteiger partial charge >= 0.3 is 0 Å². The number of aromatic nitrogens is 1. The average Bonchev–Trinajstić information content (AvgIpc) is 3.44. The third-order valence-electron chi connectivity index (χ3n) is 6.42. The molecule has 1 fully saturated rings. The lowest BCUT2D eigenvalue weighted by atomic mass is 9.91. The highest BCUT2D eigenvalue weighted by molar-refractivity contribution is 7.78. The van der Waals surface area contributed by atoms with Crippen LogP contribution in [0.2, 0.25) is 0 Å². The first-order valence-corrected chi connectivity index (χ1v) is 12.8. The lowest BCUT2D eigenvalue weighted by Gasteiger charge is -2.35. The average molecular weight is 523 g/mol. The summed E-state index contributed by atoms with van der Waals surface area (Å²) in [5, 5.41) is 20.3. The number of thiocarbonyl (C=S) groups is 1. The zero-order chi connectivity index (χ0) is 26.9. The number of carbonyl (C=O) groups excluding carboxylic acids is 3. The Balaban J connectivity index is 2.22. The Morgan fingerprint density at radius 3 is 2.75 bits per heavy atom. The summed E-state index contributed by atoms with van der Waals surface area (Å²) in [6.45, 7) is 9.72. The number of hydrogen-bond donors (Lipinski definition) is 3. The Morgan fingerprint density at radius 1 is 1.42 bits per heavy atom. The summed E-state index contributed by atoms with van der Waals surface area (Å²) in [5.74, 6) is -1.12. The van der Waals surface area contributed by atoms with E-state index in [0.717, 1.165) is 12.7 Å². The number of amides is 2. The third kappa shape index (κ3) is 7.36. The number of rotatable bonds is 14. The van der Waals surface area contributed by atoms with E-state index < -0.39 is 23.6 Å². The molecule has 1 aliphatic heterocycles. The van der Waals surface area contributed by atoms with Crippen LogP contribution in [0.1, 0.15) is 65.6 Å². The van der Waals surface area contributed by atoms with Gasteiger partial charge in [-0.05, 0) is 31.3 Å². The fourth-order valence-electron chi connectivity index (χ4n) is 4.18. The molecular weight excluding hydrogens is 484 g/mol. The third-order valence-corrected chi connectivity index (χ3v) is 6.54. The molecule has 10 nitrogen and oxygen atoms in total. The highest BCUT2D eigenvalue weighted by Crippen LogP contribution is 2.32. The van der Waals surface area contributed by atoms with E-state index in [4.69, 9.17) is 21.5 Å². The Labute approximate surface area is 217 Å². The van der Waals surface area contributed by atoms with E-state index in [1.807, 2.05) is 46.8 Å². The zero-order valence-corrected chi connectivity index (χ0v) is 22.4. The molecule has 0 aromatic carbocycles. The van der Waals surface area contributed by atoms with Gasteiger partial charge in [-0.3, -0.25) is 9.59 Å². The SMILES string of the molecule is CC/C=C\[C@](C)(NC=S)C(C)NC(=O)[C@@H]1C[C@@H](O)CN1C(=O)C(c1cc(OCCC=O)no1)C(C)C. The van der Waals surface area contributed by atoms with Gasteiger partial charge in [0.1, 0.15) is 18.2 Å². The molecule has 0 aliphatic carbocycles. The maximum Gasteiger partial charge on any atom is 0.254 e. The van der Waals surface area contributed by atoms with Gasteiger partial charge in [0.25, 0.3) is 5.88 Å². The van der Waals surface area contributed by atoms with Crippen LogP contribution in [0.5, 0.6) is 5.88 Å². The molecule has 1 aromatic heterocycles. The van der Waals surface area contributed by atoms with Crippen LogP contribution in [-0.4, -0.2) is 75.6 Å². The second-order valence-electron chi connectivity index (χ2n) is 9.57. The molecule has 1 aliphatic rings. The number of ether oxygens (including phenoxy) is 1. The van der Waals surface area contributed by atoms with E-state index in [9.17, 15) is 19.5 Å². The topological polar surface area (TPSA) is 134 Å². The standard InChI is InChI=1S/C25H38N4O6S/c1-6-7-9-25(5,26-15-36)17(4)27-23(32)19-12-18(31)14-29(19)24(33)22(16(2)3)20-13-21(28-35-20)34-11-8-10-30/h7,9-10,13,15-19,22,31H,6,8,11-12,14H2,1-5H3,(H,26,36)(H,27,32)/b9-7-/t17?,18-,19+,22?,25+/m1/s1. The summed E-state index contributed by atoms with van der Waals surface area (Å²) in [6, 6.07) is 0.330. The molecule has 5 atom stereocenters. The van der Waals surface area contributed by atoms with Crippen LogP contribution in [-0.2, 0) is 14.4 Å². The lowest BCUT2D eigenvalue weighted by Crippen LogP contribution is -2.59. The fraction of sp³-hybridized carbons (Fsp3) is 0.640. The van der Waals surface area contributed by atoms with E-state index in [1.165, 1.54) is 16.5 Å². The number of allylic oxidation sites excluding steroid dienone is 1. The normalized spacial score (nSPS) is 21.1. The molecule has 0 bridgehead atoms. The van der Waals surface area contributed by atoms with Crippen LogP contribution >= 0.6 is 12.2 Å². The van der Waals surface area contributed by atoms with Gasteiger partial charge in [-0.1, -0.05) is 45.1 Å². The number of nitrogens with one attached hydrogen (secondary N) is 2. The Kier molecular flexibility index (Phi) is 11.0. The van der Waals surface area contributed by atoms with Crippen LogP contribution in [0.15, 0.2) is 22.7 Å². The largest absolute Gasteiger partial charge is 0.475 e. The number of aliphatic hydroxyl groups excluding tert-OH is 1. The molecule has 36 heavy (non-hydrogen) atoms. The van der Waals surface area contributed by atoms with E-state index in [2.05, 4.69) is 15.8 Å². The second-order valence-corrected chi connectivity index (χ2v) is 9.81. The van der Waals surface area contributed by atoms with Crippen molar-refractivity contribution < 1.29 is 28.8 Å². The number of β-amino-alcohol motifs (C(OH)–C–C–N with tert-alkyl or cyclic N) is 1. The Hall–Kier alpha value is -2.79. The monoisotopic (exact) mass is 522 g/mol. The van der Waals surface area contributed by atoms with Crippen LogP contribution < -0.4 is 15.4 Å². The summed E-state index contributed by atoms with van der Waals surface area (Å²) in [6.07, 6.45) is 5.03. The van der Waals surface area contributed by atoms with Crippen molar-refractivity contribution in [3.63, 3.8) is 0 Å². The quantitative estimate of drug-likeness (QED) is 0.145. The Bertz CT molecular complexity index is 935. The van der Waals surface area contributed by atoms with Crippen molar-refractivity contribution in [1.82, 2.24) is 20.7 Å². The second kappa shape index (κ2) is 13.5. The van der Waals surface area contributed by atoms with Crippen molar-refractivity contribution in [1.29, 1.82) is 0 Å². The fourth-order valence-corrected chi connectivity index (χ4v) is 4.44. The van der Waals surface area contributed by atoms with E-state index in [-0.39, 0.29) is 55.6 Å². The molecule has 2 unspecified atom stereocenters. The van der Waals surface area contributed by atoms with Gasteiger partial charge in [-0.15, -0.1) is 0 Å². The van der Waals surface area contributed by atoms with Crippen molar-refractivity contribution in [2.45, 2.75) is 83.5 Å². The van der Waals surface area contributed by atoms with Crippen molar-refractivity contribution in [3.8, 4) is 5.88 Å². The molecule has 0 radical (unpaired) electrons. The summed E-state index contributed by atoms with van der Waals surface area (Å²) in [4.78, 5) is 38.9. The molecule has 0 saturated carbocycles. The van der Waals surface area contributed by atoms with Crippen LogP contribution in [0, 0.1) is 5.92 Å². The number of aldehydes is 1. The summed E-state index contributed by atoms with van der Waals surface area (Å²) in [5.41, 5.74) is 0.791. The van der Waals surface area contributed by atoms with Gasteiger partial charge in [-0.25, -0.2) is 0 Å². The van der Waals surface area contributed by atoms with Gasteiger partial charge in [0.05, 0.1) is 29.8 Å². The molecular formula is C25H38N4O6S. The highest BCUT2D eigenvalue weighted by Gasteiger charge is 2.44. The Morgan fingerprint density at radius 2 is 2.14 bits per heavy atom. The summed E-state index contributed by atoms with van der Waals surface area (Å²) < 4.78 is 10.8. The van der Waals surface area contributed by atoms with Crippen LogP contribution in [0.3, 0.4) is 0 Å². The molecule has 200 valence electrons. The molecule has 0 spiro atoms. The highest BCUT2D eigenvalue weighted by atomic mass is 32.1. The van der Waals surface area contributed by atoms with E-state index in [1.54, 1.807) is 0 Å². The van der Waals surface area contributed by atoms with Gasteiger partial charge in [0, 0.05) is 25.5 Å². The molecule has 2 amide bonds. The van der Waals surface area contributed by atoms with Crippen molar-refractivity contribution in [3.05, 3.63) is 24.0 Å². The van der Waals surface area contributed by atoms with Crippen molar-refractivity contribution in [2.75, 3.05) is 13.2 Å². The van der Waals surface area contributed by atoms with E-state index in [0.29, 0.717) is 5.76 Å². The molecule has 1 saturated heterocycles. The van der Waals surface area contributed by atoms with Gasteiger partial charge in [0.15, 0.2) is 5.76 Å². The van der Waals surface area contributed by atoms with Crippen LogP contribution in [0.4, 0.5) is 0 Å². The lowest BCUT2D eigenvalue weighted by molar-refractivity contribution is -0.141. The minimum Gasteiger partial charge on any atom is -0.475 e. The molecule has 3 N–H and O–H groups in total. The first-order valence-electron chi connectivity index (χ1n) is 12.3. The molecule has 2 heterocycles. The van der Waals surface area contributed by atoms with Gasteiger partial charge in [0.2, 0.25) is 11.8 Å². The molecule has 2 rings (SSSR count). The number of nitrogens with zero attached hydrogens (tertiary/aromatic N) is 2. The number of carbonyl (C=O) groups is 3. The van der Waals surface area contributed by atoms with Crippen LogP contribution in [0.25, 0.3) is 0 Å². The number of hydrogen-bond acceptors (Lipinski definition) is 8. The predicted molar refractivity (Wildman–Crippen MR) is 139 cm³/mol. The smallest absolute Gasteiger partial charge is 0.254 e. The van der Waals surface area contributed by atoms with Gasteiger partial charge in [-0.2, -0.15) is 0 Å². The maximum atomic E-state index is 13.7. The minimum atomic E-state index is -0.839. The van der Waals surface area contributed by atoms with E-state index >= 15 is 0 Å². The first-order chi connectivity index (χ1) is 17.1. The number of aliphatic hydroxyl groups is 1. The minimum absolute atomic E-state index is 0.0382. The van der Waals surface area contributed by atoms with Crippen molar-refractivity contribution in [2.24, 2.45) is 5.92 Å². The number of likely N-dealkylation sites (tertiary alicyclic amines) is 1. The molecule has 11 heteroatoms. The van der Waals surface area contributed by atoms with Gasteiger partial charge < -0.3 is 34.7 Å². The maximum absolute atomic E-state index is 13.7. The van der Waals surface area contributed by atoms with Crippen molar-refractivity contribution >= 4 is 35.8 Å².